The molecule has 0 spiro atoms. The molecule has 2 atom stereocenters. The molecule has 6 nitrogen and oxygen atoms in total. The smallest absolute Gasteiger partial charge is 0.307 e. The van der Waals surface area contributed by atoms with Crippen LogP contribution in [0.2, 0.25) is 0 Å². The van der Waals surface area contributed by atoms with Crippen LogP contribution >= 0.6 is 0 Å². The minimum absolute atomic E-state index is 0.0173. The number of ether oxygens (including phenoxy) is 1. The van der Waals surface area contributed by atoms with Crippen LogP contribution < -0.4 is 5.32 Å². The summed E-state index contributed by atoms with van der Waals surface area (Å²) in [5.41, 5.74) is 2.22. The van der Waals surface area contributed by atoms with Crippen LogP contribution in [0.15, 0.2) is 24.3 Å². The van der Waals surface area contributed by atoms with Crippen LogP contribution in [-0.2, 0) is 25.7 Å². The summed E-state index contributed by atoms with van der Waals surface area (Å²) in [5, 5.41) is 2.78. The van der Waals surface area contributed by atoms with Crippen molar-refractivity contribution in [1.82, 2.24) is 10.2 Å². The second kappa shape index (κ2) is 7.95. The number of esters is 1. The molecule has 1 heterocycles. The minimum Gasteiger partial charge on any atom is -0.469 e. The first kappa shape index (κ1) is 18.0. The first-order valence-corrected chi connectivity index (χ1v) is 8.09. The number of nitrogens with zero attached hydrogens (tertiary/aromatic N) is 1. The lowest BCUT2D eigenvalue weighted by Gasteiger charge is -2.18. The Morgan fingerprint density at radius 3 is 2.62 bits per heavy atom. The molecule has 0 aliphatic carbocycles. The fraction of sp³-hybridized carbons (Fsp3) is 0.500. The van der Waals surface area contributed by atoms with Crippen molar-refractivity contribution in [2.45, 2.75) is 39.3 Å². The molecule has 1 N–H and O–H groups in total. The largest absolute Gasteiger partial charge is 0.469 e. The van der Waals surface area contributed by atoms with Crippen LogP contribution in [0.4, 0.5) is 0 Å². The summed E-state index contributed by atoms with van der Waals surface area (Å²) in [6, 6.07) is 7.69. The molecule has 6 heteroatoms. The number of benzene rings is 1. The average molecular weight is 332 g/mol. The van der Waals surface area contributed by atoms with E-state index in [0.717, 1.165) is 5.56 Å². The maximum Gasteiger partial charge on any atom is 0.307 e. The molecule has 1 aromatic carbocycles. The maximum absolute atomic E-state index is 12.3. The monoisotopic (exact) mass is 332 g/mol. The topological polar surface area (TPSA) is 75.7 Å². The molecule has 0 radical (unpaired) electrons. The summed E-state index contributed by atoms with van der Waals surface area (Å²) in [4.78, 5) is 37.3. The maximum atomic E-state index is 12.3. The van der Waals surface area contributed by atoms with Gasteiger partial charge in [-0.1, -0.05) is 29.8 Å². The van der Waals surface area contributed by atoms with E-state index < -0.39 is 0 Å². The van der Waals surface area contributed by atoms with Gasteiger partial charge < -0.3 is 15.0 Å². The SMILES string of the molecule is COC(=O)CC(C)NC(=O)C1CC(=O)N(Cc2ccc(C)cc2)C1. The first-order chi connectivity index (χ1) is 11.4. The Morgan fingerprint density at radius 2 is 2.00 bits per heavy atom. The van der Waals surface area contributed by atoms with Gasteiger partial charge in [0.05, 0.1) is 19.4 Å². The predicted octanol–water partition coefficient (Wildman–Crippen LogP) is 1.41. The number of methoxy groups -OCH3 is 1. The summed E-state index contributed by atoms with van der Waals surface area (Å²) in [6.07, 6.45) is 0.332. The summed E-state index contributed by atoms with van der Waals surface area (Å²) >= 11 is 0. The summed E-state index contributed by atoms with van der Waals surface area (Å²) in [6.45, 7) is 4.68. The second-order valence-electron chi connectivity index (χ2n) is 6.35. The lowest BCUT2D eigenvalue weighted by molar-refractivity contribution is -0.141. The molecule has 130 valence electrons. The molecule has 0 aromatic heterocycles. The van der Waals surface area contributed by atoms with Gasteiger partial charge in [0.25, 0.3) is 0 Å². The van der Waals surface area contributed by atoms with E-state index in [-0.39, 0.29) is 42.6 Å². The zero-order valence-corrected chi connectivity index (χ0v) is 14.4. The molecular weight excluding hydrogens is 308 g/mol. The number of hydrogen-bond acceptors (Lipinski definition) is 4. The van der Waals surface area contributed by atoms with Crippen LogP contribution in [0.25, 0.3) is 0 Å². The zero-order chi connectivity index (χ0) is 17.7. The molecule has 1 aliphatic rings. The summed E-state index contributed by atoms with van der Waals surface area (Å²) in [7, 11) is 1.31. The fourth-order valence-electron chi connectivity index (χ4n) is 2.76. The zero-order valence-electron chi connectivity index (χ0n) is 14.4. The summed E-state index contributed by atoms with van der Waals surface area (Å²) < 4.78 is 4.58. The molecule has 1 aromatic rings. The fourth-order valence-corrected chi connectivity index (χ4v) is 2.76. The number of carbonyl (C=O) groups excluding carboxylic acids is 3. The molecule has 0 saturated carbocycles. The Morgan fingerprint density at radius 1 is 1.33 bits per heavy atom. The molecule has 1 aliphatic heterocycles. The third-order valence-corrected chi connectivity index (χ3v) is 4.17. The standard InChI is InChI=1S/C18H24N2O4/c1-12-4-6-14(7-5-12)10-20-11-15(9-16(20)21)18(23)19-13(2)8-17(22)24-3/h4-7,13,15H,8-11H2,1-3H3,(H,19,23). The highest BCUT2D eigenvalue weighted by molar-refractivity contribution is 5.89. The van der Waals surface area contributed by atoms with Gasteiger partial charge >= 0.3 is 5.97 Å². The van der Waals surface area contributed by atoms with Gasteiger partial charge in [-0.15, -0.1) is 0 Å². The highest BCUT2D eigenvalue weighted by Gasteiger charge is 2.34. The Balaban J connectivity index is 1.87. The van der Waals surface area contributed by atoms with Gasteiger partial charge in [-0.25, -0.2) is 0 Å². The third-order valence-electron chi connectivity index (χ3n) is 4.17. The van der Waals surface area contributed by atoms with Crippen molar-refractivity contribution in [3.63, 3.8) is 0 Å². The lowest BCUT2D eigenvalue weighted by atomic mass is 10.1. The van der Waals surface area contributed by atoms with Crippen LogP contribution in [0.3, 0.4) is 0 Å². The van der Waals surface area contributed by atoms with E-state index in [2.05, 4.69) is 10.1 Å². The molecule has 2 unspecified atom stereocenters. The molecule has 0 bridgehead atoms. The van der Waals surface area contributed by atoms with Gasteiger partial charge in [-0.3, -0.25) is 14.4 Å². The van der Waals surface area contributed by atoms with E-state index >= 15 is 0 Å². The highest BCUT2D eigenvalue weighted by atomic mass is 16.5. The van der Waals surface area contributed by atoms with Crippen LogP contribution in [0.5, 0.6) is 0 Å². The number of nitrogens with one attached hydrogen (secondary N) is 1. The van der Waals surface area contributed by atoms with Crippen molar-refractivity contribution in [2.24, 2.45) is 5.92 Å². The van der Waals surface area contributed by atoms with Gasteiger partial charge in [0, 0.05) is 25.6 Å². The van der Waals surface area contributed by atoms with Crippen molar-refractivity contribution < 1.29 is 19.1 Å². The Labute approximate surface area is 142 Å². The van der Waals surface area contributed by atoms with Crippen LogP contribution in [0, 0.1) is 12.8 Å². The lowest BCUT2D eigenvalue weighted by Crippen LogP contribution is -2.39. The van der Waals surface area contributed by atoms with Gasteiger partial charge in [0.2, 0.25) is 11.8 Å². The number of aryl methyl sites for hydroxylation is 1. The van der Waals surface area contributed by atoms with Crippen molar-refractivity contribution in [1.29, 1.82) is 0 Å². The van der Waals surface area contributed by atoms with E-state index in [4.69, 9.17) is 0 Å². The molecule has 2 rings (SSSR count). The van der Waals surface area contributed by atoms with Gasteiger partial charge in [0.1, 0.15) is 0 Å². The minimum atomic E-state index is -0.372. The van der Waals surface area contributed by atoms with Gasteiger partial charge in [-0.05, 0) is 19.4 Å². The highest BCUT2D eigenvalue weighted by Crippen LogP contribution is 2.21. The van der Waals surface area contributed by atoms with Crippen molar-refractivity contribution in [2.75, 3.05) is 13.7 Å². The third kappa shape index (κ3) is 4.81. The Bertz CT molecular complexity index is 612. The molecular formula is C18H24N2O4. The Kier molecular flexibility index (Phi) is 5.95. The second-order valence-corrected chi connectivity index (χ2v) is 6.35. The number of amides is 2. The number of rotatable bonds is 6. The molecule has 1 fully saturated rings. The van der Waals surface area contributed by atoms with E-state index in [1.54, 1.807) is 11.8 Å². The van der Waals surface area contributed by atoms with E-state index in [9.17, 15) is 14.4 Å². The molecule has 1 saturated heterocycles. The predicted molar refractivity (Wildman–Crippen MR) is 88.9 cm³/mol. The van der Waals surface area contributed by atoms with E-state index in [1.165, 1.54) is 12.7 Å². The van der Waals surface area contributed by atoms with E-state index in [0.29, 0.717) is 13.1 Å². The molecule has 24 heavy (non-hydrogen) atoms. The van der Waals surface area contributed by atoms with Crippen LogP contribution in [-0.4, -0.2) is 42.4 Å². The number of hydrogen-bond donors (Lipinski definition) is 1. The molecule has 2 amide bonds. The number of carbonyl (C=O) groups is 3. The Hall–Kier alpha value is -2.37. The first-order valence-electron chi connectivity index (χ1n) is 8.09. The average Bonchev–Trinajstić information content (AvgIpc) is 2.90. The van der Waals surface area contributed by atoms with E-state index in [1.807, 2.05) is 31.2 Å². The van der Waals surface area contributed by atoms with Gasteiger partial charge in [0.15, 0.2) is 0 Å². The van der Waals surface area contributed by atoms with Crippen molar-refractivity contribution in [3.8, 4) is 0 Å². The van der Waals surface area contributed by atoms with Gasteiger partial charge in [-0.2, -0.15) is 0 Å². The normalized spacial score (nSPS) is 18.4. The summed E-state index contributed by atoms with van der Waals surface area (Å²) in [5.74, 6) is -0.947. The van der Waals surface area contributed by atoms with Crippen molar-refractivity contribution >= 4 is 17.8 Å². The number of likely N-dealkylation sites (tertiary alicyclic amines) is 1. The quantitative estimate of drug-likeness (QED) is 0.799. The van der Waals surface area contributed by atoms with Crippen molar-refractivity contribution in [3.05, 3.63) is 35.4 Å². The van der Waals surface area contributed by atoms with Crippen LogP contribution in [0.1, 0.15) is 30.9 Å².